The van der Waals surface area contributed by atoms with Crippen LogP contribution in [0.5, 0.6) is 0 Å². The molecular formula is C15H17NO. The Morgan fingerprint density at radius 3 is 2.65 bits per heavy atom. The lowest BCUT2D eigenvalue weighted by atomic mass is 10.1. The summed E-state index contributed by atoms with van der Waals surface area (Å²) in [6.07, 6.45) is 0.956. The minimum Gasteiger partial charge on any atom is -0.310 e. The topological polar surface area (TPSA) is 29.1 Å². The highest BCUT2D eigenvalue weighted by molar-refractivity contribution is 5.83. The van der Waals surface area contributed by atoms with E-state index in [0.717, 1.165) is 13.0 Å². The van der Waals surface area contributed by atoms with Gasteiger partial charge in [-0.1, -0.05) is 42.5 Å². The second-order valence-corrected chi connectivity index (χ2v) is 4.31. The summed E-state index contributed by atoms with van der Waals surface area (Å²) in [5.74, 6) is 0.184. The van der Waals surface area contributed by atoms with Crippen LogP contribution in [0, 0.1) is 0 Å². The number of hydrogen-bond acceptors (Lipinski definition) is 2. The van der Waals surface area contributed by atoms with Crippen molar-refractivity contribution in [1.29, 1.82) is 0 Å². The molecule has 0 aliphatic heterocycles. The molecule has 0 amide bonds. The third kappa shape index (κ3) is 3.40. The summed E-state index contributed by atoms with van der Waals surface area (Å²) in [6, 6.07) is 14.9. The van der Waals surface area contributed by atoms with Crippen LogP contribution in [0.4, 0.5) is 0 Å². The Balaban J connectivity index is 1.97. The second-order valence-electron chi connectivity index (χ2n) is 4.31. The quantitative estimate of drug-likeness (QED) is 0.795. The van der Waals surface area contributed by atoms with E-state index in [0.29, 0.717) is 6.54 Å². The maximum Gasteiger partial charge on any atom is 0.143 e. The molecule has 0 radical (unpaired) electrons. The van der Waals surface area contributed by atoms with Gasteiger partial charge in [0.15, 0.2) is 0 Å². The molecule has 0 heterocycles. The van der Waals surface area contributed by atoms with Crippen LogP contribution < -0.4 is 5.32 Å². The normalized spacial score (nSPS) is 10.6. The summed E-state index contributed by atoms with van der Waals surface area (Å²) in [4.78, 5) is 10.8. The number of rotatable bonds is 5. The fraction of sp³-hybridized carbons (Fsp3) is 0.267. The number of carbonyl (C=O) groups is 1. The zero-order valence-corrected chi connectivity index (χ0v) is 10.1. The summed E-state index contributed by atoms with van der Waals surface area (Å²) >= 11 is 0. The van der Waals surface area contributed by atoms with Gasteiger partial charge in [0.05, 0.1) is 6.54 Å². The van der Waals surface area contributed by atoms with Crippen molar-refractivity contribution in [1.82, 2.24) is 5.32 Å². The zero-order chi connectivity index (χ0) is 12.1. The average molecular weight is 227 g/mol. The molecule has 17 heavy (non-hydrogen) atoms. The van der Waals surface area contributed by atoms with Gasteiger partial charge in [0, 0.05) is 0 Å². The molecule has 2 aromatic carbocycles. The molecule has 0 bridgehead atoms. The highest BCUT2D eigenvalue weighted by Crippen LogP contribution is 2.15. The molecule has 0 fully saturated rings. The van der Waals surface area contributed by atoms with E-state index >= 15 is 0 Å². The van der Waals surface area contributed by atoms with Crippen molar-refractivity contribution in [2.24, 2.45) is 0 Å². The third-order valence-corrected chi connectivity index (χ3v) is 2.78. The summed E-state index contributed by atoms with van der Waals surface area (Å²) in [6.45, 7) is 2.91. The standard InChI is InChI=1S/C15H17NO/c1-12(17)11-16-9-8-13-6-7-14-4-2-3-5-15(14)10-13/h2-7,10,16H,8-9,11H2,1H3. The van der Waals surface area contributed by atoms with Gasteiger partial charge in [-0.3, -0.25) is 4.79 Å². The number of fused-ring (bicyclic) bond motifs is 1. The Kier molecular flexibility index (Phi) is 3.89. The molecule has 0 spiro atoms. The predicted molar refractivity (Wildman–Crippen MR) is 71.2 cm³/mol. The number of benzene rings is 2. The number of ketones is 1. The van der Waals surface area contributed by atoms with Crippen molar-refractivity contribution in [2.75, 3.05) is 13.1 Å². The van der Waals surface area contributed by atoms with Crippen molar-refractivity contribution < 1.29 is 4.79 Å². The van der Waals surface area contributed by atoms with Crippen LogP contribution in [-0.4, -0.2) is 18.9 Å². The van der Waals surface area contributed by atoms with Gasteiger partial charge < -0.3 is 5.32 Å². The predicted octanol–water partition coefficient (Wildman–Crippen LogP) is 2.56. The first kappa shape index (κ1) is 11.8. The lowest BCUT2D eigenvalue weighted by Crippen LogP contribution is -2.23. The first-order valence-corrected chi connectivity index (χ1v) is 5.93. The van der Waals surface area contributed by atoms with E-state index in [9.17, 15) is 4.79 Å². The van der Waals surface area contributed by atoms with Gasteiger partial charge in [0.1, 0.15) is 5.78 Å². The Labute approximate surface area is 102 Å². The third-order valence-electron chi connectivity index (χ3n) is 2.78. The van der Waals surface area contributed by atoms with E-state index < -0.39 is 0 Å². The molecule has 0 saturated carbocycles. The molecule has 2 heteroatoms. The Hall–Kier alpha value is -1.67. The van der Waals surface area contributed by atoms with Crippen LogP contribution in [-0.2, 0) is 11.2 Å². The SMILES string of the molecule is CC(=O)CNCCc1ccc2ccccc2c1. The largest absolute Gasteiger partial charge is 0.310 e. The minimum atomic E-state index is 0.184. The van der Waals surface area contributed by atoms with Crippen molar-refractivity contribution in [3.8, 4) is 0 Å². The van der Waals surface area contributed by atoms with Crippen molar-refractivity contribution >= 4 is 16.6 Å². The molecule has 0 aliphatic carbocycles. The molecule has 1 N–H and O–H groups in total. The van der Waals surface area contributed by atoms with Gasteiger partial charge in [0.2, 0.25) is 0 Å². The second kappa shape index (κ2) is 5.60. The lowest BCUT2D eigenvalue weighted by Gasteiger charge is -2.04. The van der Waals surface area contributed by atoms with Gasteiger partial charge in [0.25, 0.3) is 0 Å². The lowest BCUT2D eigenvalue weighted by molar-refractivity contribution is -0.116. The van der Waals surface area contributed by atoms with E-state index in [-0.39, 0.29) is 5.78 Å². The minimum absolute atomic E-state index is 0.184. The number of hydrogen-bond donors (Lipinski definition) is 1. The highest BCUT2D eigenvalue weighted by atomic mass is 16.1. The first-order valence-electron chi connectivity index (χ1n) is 5.93. The summed E-state index contributed by atoms with van der Waals surface area (Å²) < 4.78 is 0. The number of Topliss-reactive ketones (excluding diaryl/α,β-unsaturated/α-hetero) is 1. The van der Waals surface area contributed by atoms with E-state index in [1.165, 1.54) is 16.3 Å². The van der Waals surface area contributed by atoms with Gasteiger partial charge in [-0.25, -0.2) is 0 Å². The number of nitrogens with one attached hydrogen (secondary N) is 1. The molecule has 0 aromatic heterocycles. The fourth-order valence-electron chi connectivity index (χ4n) is 1.89. The van der Waals surface area contributed by atoms with Crippen molar-refractivity contribution in [3.05, 3.63) is 48.0 Å². The van der Waals surface area contributed by atoms with Gasteiger partial charge >= 0.3 is 0 Å². The Bertz CT molecular complexity index is 519. The first-order chi connectivity index (χ1) is 8.25. The van der Waals surface area contributed by atoms with E-state index in [4.69, 9.17) is 0 Å². The van der Waals surface area contributed by atoms with Gasteiger partial charge in [-0.15, -0.1) is 0 Å². The molecular weight excluding hydrogens is 210 g/mol. The van der Waals surface area contributed by atoms with Crippen molar-refractivity contribution in [3.63, 3.8) is 0 Å². The molecule has 2 aromatic rings. The van der Waals surface area contributed by atoms with Crippen LogP contribution in [0.15, 0.2) is 42.5 Å². The van der Waals surface area contributed by atoms with E-state index in [2.05, 4.69) is 47.8 Å². The van der Waals surface area contributed by atoms with Crippen LogP contribution in [0.2, 0.25) is 0 Å². The molecule has 0 unspecified atom stereocenters. The molecule has 2 rings (SSSR count). The monoisotopic (exact) mass is 227 g/mol. The summed E-state index contributed by atoms with van der Waals surface area (Å²) in [5, 5.41) is 5.68. The number of carbonyl (C=O) groups excluding carboxylic acids is 1. The summed E-state index contributed by atoms with van der Waals surface area (Å²) in [7, 11) is 0. The fourth-order valence-corrected chi connectivity index (χ4v) is 1.89. The van der Waals surface area contributed by atoms with E-state index in [1.54, 1.807) is 6.92 Å². The van der Waals surface area contributed by atoms with E-state index in [1.807, 2.05) is 0 Å². The molecule has 0 aliphatic rings. The van der Waals surface area contributed by atoms with Crippen molar-refractivity contribution in [2.45, 2.75) is 13.3 Å². The maximum atomic E-state index is 10.8. The van der Waals surface area contributed by atoms with Gasteiger partial charge in [-0.2, -0.15) is 0 Å². The molecule has 0 saturated heterocycles. The Morgan fingerprint density at radius 2 is 1.88 bits per heavy atom. The van der Waals surface area contributed by atoms with Crippen LogP contribution in [0.25, 0.3) is 10.8 Å². The Morgan fingerprint density at radius 1 is 1.12 bits per heavy atom. The smallest absolute Gasteiger partial charge is 0.143 e. The maximum absolute atomic E-state index is 10.8. The molecule has 88 valence electrons. The van der Waals surface area contributed by atoms with Crippen LogP contribution in [0.1, 0.15) is 12.5 Å². The van der Waals surface area contributed by atoms with Crippen LogP contribution in [0.3, 0.4) is 0 Å². The molecule has 0 atom stereocenters. The zero-order valence-electron chi connectivity index (χ0n) is 10.1. The average Bonchev–Trinajstić information content (AvgIpc) is 2.34. The highest BCUT2D eigenvalue weighted by Gasteiger charge is 1.97. The summed E-state index contributed by atoms with van der Waals surface area (Å²) in [5.41, 5.74) is 1.31. The van der Waals surface area contributed by atoms with Gasteiger partial charge in [-0.05, 0) is 36.2 Å². The molecule has 2 nitrogen and oxygen atoms in total. The van der Waals surface area contributed by atoms with Crippen LogP contribution >= 0.6 is 0 Å².